The topological polar surface area (TPSA) is 16.8 Å². The quantitative estimate of drug-likeness (QED) is 0.354. The lowest BCUT2D eigenvalue weighted by Crippen LogP contribution is -2.30. The third kappa shape index (κ3) is 2.71. The zero-order valence-corrected chi connectivity index (χ0v) is 18.2. The molecule has 2 aromatic heterocycles. The molecule has 2 aromatic carbocycles. The van der Waals surface area contributed by atoms with E-state index in [1.54, 1.807) is 0 Å². The average molecular weight is 404 g/mol. The molecule has 0 radical (unpaired) electrons. The summed E-state index contributed by atoms with van der Waals surface area (Å²) in [6, 6.07) is 24.4. The third-order valence-corrected chi connectivity index (χ3v) is 7.42. The van der Waals surface area contributed by atoms with E-state index in [4.69, 9.17) is 4.98 Å². The predicted octanol–water partition coefficient (Wildman–Crippen LogP) is 6.39. The monoisotopic (exact) mass is 403 g/mol. The Kier molecular flexibility index (Phi) is 4.11. The van der Waals surface area contributed by atoms with Gasteiger partial charge in [0.15, 0.2) is 6.20 Å². The SMILES string of the molecule is Cc1cc2c(cc1-c1cc(-c3ccccc3)cc[n+]1C)-c1cccnc1C21CCCC1. The fraction of sp³-hybridized carbons (Fsp3) is 0.241. The van der Waals surface area contributed by atoms with Crippen LogP contribution < -0.4 is 4.57 Å². The van der Waals surface area contributed by atoms with Crippen LogP contribution in [0.15, 0.2) is 79.1 Å². The summed E-state index contributed by atoms with van der Waals surface area (Å²) >= 11 is 0. The summed E-state index contributed by atoms with van der Waals surface area (Å²) in [4.78, 5) is 4.91. The van der Waals surface area contributed by atoms with Gasteiger partial charge in [-0.2, -0.15) is 0 Å². The molecule has 6 rings (SSSR count). The highest BCUT2D eigenvalue weighted by molar-refractivity contribution is 5.84. The Morgan fingerprint density at radius 3 is 2.42 bits per heavy atom. The van der Waals surface area contributed by atoms with E-state index in [0.717, 1.165) is 0 Å². The number of fused-ring (bicyclic) bond motifs is 5. The Balaban J connectivity index is 1.56. The number of benzene rings is 2. The molecule has 0 bridgehead atoms. The summed E-state index contributed by atoms with van der Waals surface area (Å²) in [5, 5.41) is 0. The van der Waals surface area contributed by atoms with E-state index in [0.29, 0.717) is 0 Å². The Hall–Kier alpha value is -3.26. The Bertz CT molecular complexity index is 1300. The largest absolute Gasteiger partial charge is 0.260 e. The lowest BCUT2D eigenvalue weighted by Gasteiger charge is -2.25. The number of aryl methyl sites for hydroxylation is 2. The zero-order valence-electron chi connectivity index (χ0n) is 18.2. The van der Waals surface area contributed by atoms with Crippen LogP contribution in [0.25, 0.3) is 33.5 Å². The highest BCUT2D eigenvalue weighted by Crippen LogP contribution is 2.56. The van der Waals surface area contributed by atoms with Crippen molar-refractivity contribution in [2.45, 2.75) is 38.0 Å². The lowest BCUT2D eigenvalue weighted by molar-refractivity contribution is -0.660. The molecule has 1 saturated carbocycles. The fourth-order valence-corrected chi connectivity index (χ4v) is 5.87. The number of pyridine rings is 2. The van der Waals surface area contributed by atoms with Crippen molar-refractivity contribution in [3.05, 3.63) is 95.9 Å². The third-order valence-electron chi connectivity index (χ3n) is 7.42. The predicted molar refractivity (Wildman–Crippen MR) is 126 cm³/mol. The van der Waals surface area contributed by atoms with E-state index < -0.39 is 0 Å². The molecule has 2 nitrogen and oxygen atoms in total. The average Bonchev–Trinajstić information content (AvgIpc) is 3.40. The van der Waals surface area contributed by atoms with Gasteiger partial charge in [0.25, 0.3) is 0 Å². The summed E-state index contributed by atoms with van der Waals surface area (Å²) in [5.74, 6) is 0. The number of hydrogen-bond donors (Lipinski definition) is 0. The molecule has 0 aliphatic heterocycles. The Labute approximate surface area is 184 Å². The molecule has 31 heavy (non-hydrogen) atoms. The first-order valence-corrected chi connectivity index (χ1v) is 11.3. The van der Waals surface area contributed by atoms with Crippen LogP contribution in [0.2, 0.25) is 0 Å². The van der Waals surface area contributed by atoms with Crippen molar-refractivity contribution in [3.63, 3.8) is 0 Å². The minimum Gasteiger partial charge on any atom is -0.260 e. The van der Waals surface area contributed by atoms with Crippen molar-refractivity contribution >= 4 is 0 Å². The van der Waals surface area contributed by atoms with Gasteiger partial charge in [0.2, 0.25) is 5.69 Å². The number of nitrogens with zero attached hydrogens (tertiary/aromatic N) is 2. The zero-order chi connectivity index (χ0) is 21.0. The van der Waals surface area contributed by atoms with E-state index in [1.807, 2.05) is 6.20 Å². The van der Waals surface area contributed by atoms with E-state index in [2.05, 4.69) is 91.5 Å². The number of rotatable bonds is 2. The summed E-state index contributed by atoms with van der Waals surface area (Å²) in [6.45, 7) is 2.27. The Morgan fingerprint density at radius 1 is 0.806 bits per heavy atom. The van der Waals surface area contributed by atoms with E-state index in [-0.39, 0.29) is 5.41 Å². The number of aromatic nitrogens is 2. The van der Waals surface area contributed by atoms with Gasteiger partial charge in [-0.15, -0.1) is 0 Å². The van der Waals surface area contributed by atoms with Gasteiger partial charge in [0.05, 0.1) is 5.69 Å². The van der Waals surface area contributed by atoms with Crippen LogP contribution in [0.3, 0.4) is 0 Å². The van der Waals surface area contributed by atoms with Crippen LogP contribution in [-0.2, 0) is 12.5 Å². The van der Waals surface area contributed by atoms with Crippen molar-refractivity contribution < 1.29 is 4.57 Å². The maximum atomic E-state index is 4.91. The van der Waals surface area contributed by atoms with E-state index in [9.17, 15) is 0 Å². The van der Waals surface area contributed by atoms with Gasteiger partial charge in [0.1, 0.15) is 7.05 Å². The first-order valence-electron chi connectivity index (χ1n) is 11.3. The minimum atomic E-state index is 0.128. The van der Waals surface area contributed by atoms with Crippen LogP contribution in [-0.4, -0.2) is 4.98 Å². The van der Waals surface area contributed by atoms with Crippen molar-refractivity contribution in [1.82, 2.24) is 4.98 Å². The van der Waals surface area contributed by atoms with Crippen LogP contribution in [0.4, 0.5) is 0 Å². The van der Waals surface area contributed by atoms with Gasteiger partial charge < -0.3 is 0 Å². The fourth-order valence-electron chi connectivity index (χ4n) is 5.87. The molecule has 2 heterocycles. The molecule has 1 fully saturated rings. The van der Waals surface area contributed by atoms with Gasteiger partial charge in [-0.25, -0.2) is 4.57 Å². The molecule has 0 N–H and O–H groups in total. The maximum absolute atomic E-state index is 4.91. The van der Waals surface area contributed by atoms with Crippen molar-refractivity contribution in [3.8, 4) is 33.5 Å². The molecule has 0 unspecified atom stereocenters. The molecular weight excluding hydrogens is 376 g/mol. The van der Waals surface area contributed by atoms with Crippen molar-refractivity contribution in [1.29, 1.82) is 0 Å². The molecular formula is C29H27N2+. The van der Waals surface area contributed by atoms with E-state index in [1.165, 1.54) is 76.0 Å². The van der Waals surface area contributed by atoms with Crippen LogP contribution >= 0.6 is 0 Å². The smallest absolute Gasteiger partial charge is 0.213 e. The molecule has 0 atom stereocenters. The summed E-state index contributed by atoms with van der Waals surface area (Å²) < 4.78 is 2.24. The number of hydrogen-bond acceptors (Lipinski definition) is 1. The summed E-state index contributed by atoms with van der Waals surface area (Å²) in [5.41, 5.74) is 12.1. The van der Waals surface area contributed by atoms with E-state index >= 15 is 0 Å². The van der Waals surface area contributed by atoms with Gasteiger partial charge in [-0.05, 0) is 59.7 Å². The second-order valence-electron chi connectivity index (χ2n) is 9.18. The standard InChI is InChI=1S/C29H27N2/c1-20-17-26-25(23-11-8-15-30-28(23)29(26)13-6-7-14-29)19-24(20)27-18-22(12-16-31(27)2)21-9-4-3-5-10-21/h3-5,8-12,15-19H,6-7,13-14H2,1-2H3/q+1. The van der Waals surface area contributed by atoms with Crippen LogP contribution in [0, 0.1) is 6.92 Å². The first-order chi connectivity index (χ1) is 15.2. The van der Waals surface area contributed by atoms with Gasteiger partial charge in [-0.1, -0.05) is 55.3 Å². The molecule has 2 heteroatoms. The molecule has 152 valence electrons. The van der Waals surface area contributed by atoms with Gasteiger partial charge >= 0.3 is 0 Å². The highest BCUT2D eigenvalue weighted by atomic mass is 14.9. The first kappa shape index (κ1) is 18.5. The molecule has 2 aliphatic carbocycles. The van der Waals surface area contributed by atoms with Crippen molar-refractivity contribution in [2.75, 3.05) is 0 Å². The maximum Gasteiger partial charge on any atom is 0.213 e. The normalized spacial score (nSPS) is 15.8. The van der Waals surface area contributed by atoms with Crippen molar-refractivity contribution in [2.24, 2.45) is 7.05 Å². The Morgan fingerprint density at radius 2 is 1.61 bits per heavy atom. The second kappa shape index (κ2) is 6.88. The van der Waals surface area contributed by atoms with Crippen LogP contribution in [0.1, 0.15) is 42.5 Å². The summed E-state index contributed by atoms with van der Waals surface area (Å²) in [7, 11) is 2.14. The lowest BCUT2D eigenvalue weighted by atomic mass is 9.78. The van der Waals surface area contributed by atoms with Gasteiger partial charge in [0, 0.05) is 34.9 Å². The molecule has 1 spiro atoms. The molecule has 0 saturated heterocycles. The van der Waals surface area contributed by atoms with Gasteiger partial charge in [-0.3, -0.25) is 4.98 Å². The summed E-state index contributed by atoms with van der Waals surface area (Å²) in [6.07, 6.45) is 9.19. The molecule has 2 aliphatic rings. The molecule has 4 aromatic rings. The second-order valence-corrected chi connectivity index (χ2v) is 9.18. The molecule has 0 amide bonds. The minimum absolute atomic E-state index is 0.128. The highest BCUT2D eigenvalue weighted by Gasteiger charge is 2.46. The van der Waals surface area contributed by atoms with Crippen LogP contribution in [0.5, 0.6) is 0 Å².